The smallest absolute Gasteiger partial charge is 0.264 e. The van der Waals surface area contributed by atoms with E-state index in [-0.39, 0.29) is 23.4 Å². The van der Waals surface area contributed by atoms with Crippen molar-refractivity contribution in [1.29, 1.82) is 0 Å². The van der Waals surface area contributed by atoms with Gasteiger partial charge in [-0.15, -0.1) is 0 Å². The first kappa shape index (κ1) is 24.5. The van der Waals surface area contributed by atoms with E-state index in [1.807, 2.05) is 59.7 Å². The van der Waals surface area contributed by atoms with Gasteiger partial charge < -0.3 is 5.32 Å². The molecule has 0 saturated heterocycles. The number of amides is 1. The van der Waals surface area contributed by atoms with Crippen LogP contribution in [0.25, 0.3) is 0 Å². The molecular weight excluding hydrogens is 432 g/mol. The number of sulfonamides is 1. The summed E-state index contributed by atoms with van der Waals surface area (Å²) in [5.74, 6) is -0.364. The van der Waals surface area contributed by atoms with Crippen LogP contribution in [0.15, 0.2) is 65.6 Å². The molecular formula is C27H32N2O3S. The highest BCUT2D eigenvalue weighted by Crippen LogP contribution is 2.26. The van der Waals surface area contributed by atoms with Crippen LogP contribution in [-0.2, 0) is 14.8 Å². The van der Waals surface area contributed by atoms with E-state index in [4.69, 9.17) is 0 Å². The molecule has 0 aliphatic heterocycles. The summed E-state index contributed by atoms with van der Waals surface area (Å²) in [5, 5.41) is 2.97. The Labute approximate surface area is 197 Å². The van der Waals surface area contributed by atoms with E-state index in [1.54, 1.807) is 36.4 Å². The fourth-order valence-electron chi connectivity index (χ4n) is 4.05. The fraction of sp³-hybridized carbons (Fsp3) is 0.296. The van der Waals surface area contributed by atoms with E-state index in [0.29, 0.717) is 5.69 Å². The monoisotopic (exact) mass is 464 g/mol. The number of hydrogen-bond acceptors (Lipinski definition) is 3. The average molecular weight is 465 g/mol. The maximum atomic E-state index is 13.6. The zero-order valence-corrected chi connectivity index (χ0v) is 21.0. The topological polar surface area (TPSA) is 66.5 Å². The van der Waals surface area contributed by atoms with Crippen LogP contribution in [0.5, 0.6) is 0 Å². The molecule has 5 nitrogen and oxygen atoms in total. The Bertz CT molecular complexity index is 1240. The van der Waals surface area contributed by atoms with Gasteiger partial charge in [-0.3, -0.25) is 9.10 Å². The number of rotatable bonds is 7. The van der Waals surface area contributed by atoms with Crippen molar-refractivity contribution in [2.45, 2.75) is 52.5 Å². The Kier molecular flexibility index (Phi) is 7.28. The number of anilines is 1. The van der Waals surface area contributed by atoms with Crippen molar-refractivity contribution in [2.24, 2.45) is 0 Å². The van der Waals surface area contributed by atoms with Crippen molar-refractivity contribution in [3.63, 3.8) is 0 Å². The standard InChI is InChI=1S/C27H32N2O3S/c1-18-7-10-25(11-8-18)33(31,32)29(24-15-20(3)13-21(4)16-24)17-27(30)28-23(6)26-12-9-19(2)14-22(26)5/h7-16,23H,17H2,1-6H3,(H,28,30)/t23-/m0/s1. The average Bonchev–Trinajstić information content (AvgIpc) is 2.71. The fourth-order valence-corrected chi connectivity index (χ4v) is 5.46. The summed E-state index contributed by atoms with van der Waals surface area (Å²) in [6, 6.07) is 18.1. The summed E-state index contributed by atoms with van der Waals surface area (Å²) in [6.45, 7) is 11.4. The number of aryl methyl sites for hydroxylation is 5. The van der Waals surface area contributed by atoms with E-state index in [2.05, 4.69) is 11.4 Å². The van der Waals surface area contributed by atoms with Crippen LogP contribution in [-0.4, -0.2) is 20.9 Å². The highest BCUT2D eigenvalue weighted by atomic mass is 32.2. The van der Waals surface area contributed by atoms with Crippen molar-refractivity contribution in [3.05, 3.63) is 94.0 Å². The summed E-state index contributed by atoms with van der Waals surface area (Å²) in [6.07, 6.45) is 0. The van der Waals surface area contributed by atoms with Crippen molar-refractivity contribution in [2.75, 3.05) is 10.8 Å². The molecule has 0 aliphatic rings. The summed E-state index contributed by atoms with van der Waals surface area (Å²) in [4.78, 5) is 13.2. The van der Waals surface area contributed by atoms with Crippen molar-refractivity contribution >= 4 is 21.6 Å². The van der Waals surface area contributed by atoms with Gasteiger partial charge in [-0.2, -0.15) is 0 Å². The lowest BCUT2D eigenvalue weighted by molar-refractivity contribution is -0.120. The predicted octanol–water partition coefficient (Wildman–Crippen LogP) is 5.30. The third-order valence-corrected chi connectivity index (χ3v) is 7.45. The SMILES string of the molecule is Cc1ccc(S(=O)(=O)N(CC(=O)N[C@@H](C)c2ccc(C)cc2C)c2cc(C)cc(C)c2)cc1. The molecule has 1 amide bonds. The molecule has 33 heavy (non-hydrogen) atoms. The molecule has 0 spiro atoms. The summed E-state index contributed by atoms with van der Waals surface area (Å²) in [7, 11) is -3.94. The molecule has 1 atom stereocenters. The Morgan fingerprint density at radius 2 is 1.39 bits per heavy atom. The van der Waals surface area contributed by atoms with Gasteiger partial charge in [0.05, 0.1) is 16.6 Å². The van der Waals surface area contributed by atoms with Gasteiger partial charge in [0.1, 0.15) is 6.54 Å². The highest BCUT2D eigenvalue weighted by molar-refractivity contribution is 7.92. The number of carbonyl (C=O) groups is 1. The summed E-state index contributed by atoms with van der Waals surface area (Å²) in [5.41, 5.74) is 6.54. The van der Waals surface area contributed by atoms with Gasteiger partial charge >= 0.3 is 0 Å². The van der Waals surface area contributed by atoms with Crippen molar-refractivity contribution in [1.82, 2.24) is 5.32 Å². The van der Waals surface area contributed by atoms with Crippen LogP contribution in [0.4, 0.5) is 5.69 Å². The van der Waals surface area contributed by atoms with E-state index < -0.39 is 10.0 Å². The van der Waals surface area contributed by atoms with E-state index in [0.717, 1.165) is 33.4 Å². The maximum absolute atomic E-state index is 13.6. The van der Waals surface area contributed by atoms with E-state index in [9.17, 15) is 13.2 Å². The molecule has 0 radical (unpaired) electrons. The van der Waals surface area contributed by atoms with Gasteiger partial charge in [-0.05, 0) is 88.1 Å². The molecule has 0 fully saturated rings. The molecule has 6 heteroatoms. The minimum absolute atomic E-state index is 0.155. The van der Waals surface area contributed by atoms with Gasteiger partial charge in [0.2, 0.25) is 5.91 Å². The molecule has 3 aromatic carbocycles. The lowest BCUT2D eigenvalue weighted by atomic mass is 10.0. The molecule has 0 saturated carbocycles. The zero-order chi connectivity index (χ0) is 24.3. The van der Waals surface area contributed by atoms with Gasteiger partial charge in [-0.1, -0.05) is 47.5 Å². The molecule has 0 bridgehead atoms. The number of nitrogens with zero attached hydrogens (tertiary/aromatic N) is 1. The molecule has 0 aliphatic carbocycles. The Morgan fingerprint density at radius 1 is 0.818 bits per heavy atom. The second kappa shape index (κ2) is 9.79. The van der Waals surface area contributed by atoms with Crippen LogP contribution < -0.4 is 9.62 Å². The van der Waals surface area contributed by atoms with Crippen molar-refractivity contribution < 1.29 is 13.2 Å². The van der Waals surface area contributed by atoms with Crippen LogP contribution in [0.3, 0.4) is 0 Å². The molecule has 3 aromatic rings. The van der Waals surface area contributed by atoms with Gasteiger partial charge in [0.15, 0.2) is 0 Å². The van der Waals surface area contributed by atoms with Crippen LogP contribution in [0, 0.1) is 34.6 Å². The quantitative estimate of drug-likeness (QED) is 0.516. The largest absolute Gasteiger partial charge is 0.348 e. The minimum atomic E-state index is -3.94. The van der Waals surface area contributed by atoms with Gasteiger partial charge in [0, 0.05) is 0 Å². The van der Waals surface area contributed by atoms with E-state index in [1.165, 1.54) is 4.31 Å². The Morgan fingerprint density at radius 3 is 1.97 bits per heavy atom. The molecule has 0 heterocycles. The van der Waals surface area contributed by atoms with Gasteiger partial charge in [-0.25, -0.2) is 8.42 Å². The first-order valence-corrected chi connectivity index (χ1v) is 12.5. The van der Waals surface area contributed by atoms with Crippen LogP contribution in [0.2, 0.25) is 0 Å². The minimum Gasteiger partial charge on any atom is -0.348 e. The number of carbonyl (C=O) groups excluding carboxylic acids is 1. The summed E-state index contributed by atoms with van der Waals surface area (Å²) >= 11 is 0. The number of benzene rings is 3. The second-order valence-electron chi connectivity index (χ2n) is 8.82. The normalized spacial score (nSPS) is 12.3. The third kappa shape index (κ3) is 5.82. The maximum Gasteiger partial charge on any atom is 0.264 e. The molecule has 0 unspecified atom stereocenters. The first-order valence-electron chi connectivity index (χ1n) is 11.0. The summed E-state index contributed by atoms with van der Waals surface area (Å²) < 4.78 is 28.4. The third-order valence-electron chi connectivity index (χ3n) is 5.66. The number of nitrogens with one attached hydrogen (secondary N) is 1. The Hall–Kier alpha value is -3.12. The lowest BCUT2D eigenvalue weighted by Gasteiger charge is -2.26. The highest BCUT2D eigenvalue weighted by Gasteiger charge is 2.28. The first-order chi connectivity index (χ1) is 15.5. The van der Waals surface area contributed by atoms with E-state index >= 15 is 0 Å². The van der Waals surface area contributed by atoms with Crippen LogP contribution >= 0.6 is 0 Å². The molecule has 174 valence electrons. The number of hydrogen-bond donors (Lipinski definition) is 1. The molecule has 0 aromatic heterocycles. The lowest BCUT2D eigenvalue weighted by Crippen LogP contribution is -2.41. The molecule has 3 rings (SSSR count). The second-order valence-corrected chi connectivity index (χ2v) is 10.7. The van der Waals surface area contributed by atoms with Gasteiger partial charge in [0.25, 0.3) is 10.0 Å². The predicted molar refractivity (Wildman–Crippen MR) is 134 cm³/mol. The zero-order valence-electron chi connectivity index (χ0n) is 20.1. The van der Waals surface area contributed by atoms with Crippen molar-refractivity contribution in [3.8, 4) is 0 Å². The Balaban J connectivity index is 1.94. The molecule has 1 N–H and O–H groups in total. The van der Waals surface area contributed by atoms with Crippen LogP contribution in [0.1, 0.15) is 46.3 Å².